The third kappa shape index (κ3) is 5.44. The van der Waals surface area contributed by atoms with E-state index in [2.05, 4.69) is 11.6 Å². The van der Waals surface area contributed by atoms with Gasteiger partial charge in [-0.2, -0.15) is 5.10 Å². The molecule has 14 heteroatoms. The van der Waals surface area contributed by atoms with E-state index in [4.69, 9.17) is 19.6 Å². The minimum absolute atomic E-state index is 0.0162. The van der Waals surface area contributed by atoms with Gasteiger partial charge in [0.25, 0.3) is 5.91 Å². The number of hydrogen-bond donors (Lipinski definition) is 0. The number of hydrogen-bond acceptors (Lipinski definition) is 7. The lowest BCUT2D eigenvalue weighted by Gasteiger charge is -2.38. The van der Waals surface area contributed by atoms with Crippen LogP contribution in [0, 0.1) is 17.5 Å². The number of fused-ring (bicyclic) bond motifs is 3. The fourth-order valence-electron chi connectivity index (χ4n) is 6.54. The molecule has 1 amide bonds. The van der Waals surface area contributed by atoms with Crippen molar-refractivity contribution in [3.8, 4) is 39.5 Å². The van der Waals surface area contributed by atoms with Crippen LogP contribution >= 0.6 is 11.3 Å². The lowest BCUT2D eigenvalue weighted by atomic mass is 9.94. The van der Waals surface area contributed by atoms with Crippen LogP contribution in [0.3, 0.4) is 0 Å². The molecule has 9 nitrogen and oxygen atoms in total. The molecule has 0 unspecified atom stereocenters. The van der Waals surface area contributed by atoms with Gasteiger partial charge in [0.1, 0.15) is 41.2 Å². The van der Waals surface area contributed by atoms with Crippen molar-refractivity contribution in [2.75, 3.05) is 20.3 Å². The number of carbonyl (C=O) groups is 1. The van der Waals surface area contributed by atoms with E-state index in [9.17, 15) is 13.6 Å². The van der Waals surface area contributed by atoms with E-state index in [0.717, 1.165) is 22.9 Å². The number of carbonyl (C=O) groups excluding carboxylic acids is 1. The van der Waals surface area contributed by atoms with Gasteiger partial charge in [0.15, 0.2) is 5.83 Å². The van der Waals surface area contributed by atoms with Crippen LogP contribution in [-0.4, -0.2) is 61.5 Å². The molecule has 5 heterocycles. The van der Waals surface area contributed by atoms with Crippen LogP contribution in [0.25, 0.3) is 54.9 Å². The van der Waals surface area contributed by atoms with E-state index in [-0.39, 0.29) is 53.4 Å². The molecule has 0 spiro atoms. The fourth-order valence-corrected chi connectivity index (χ4v) is 7.47. The van der Waals surface area contributed by atoms with Crippen molar-refractivity contribution in [3.63, 3.8) is 0 Å². The molecule has 1 aliphatic rings. The highest BCUT2D eigenvalue weighted by Crippen LogP contribution is 2.48. The molecule has 1 aliphatic heterocycles. The minimum Gasteiger partial charge on any atom is -0.490 e. The van der Waals surface area contributed by atoms with Gasteiger partial charge < -0.3 is 18.9 Å². The van der Waals surface area contributed by atoms with Crippen molar-refractivity contribution >= 4 is 38.4 Å². The molecule has 252 valence electrons. The Morgan fingerprint density at radius 2 is 1.86 bits per heavy atom. The summed E-state index contributed by atoms with van der Waals surface area (Å²) in [5.41, 5.74) is 3.29. The van der Waals surface area contributed by atoms with Gasteiger partial charge >= 0.3 is 0 Å². The van der Waals surface area contributed by atoms with Crippen molar-refractivity contribution in [1.29, 1.82) is 0 Å². The number of halogens is 4. The minimum atomic E-state index is -1.09. The molecule has 0 saturated heterocycles. The molecule has 7 rings (SSSR count). The van der Waals surface area contributed by atoms with Crippen LogP contribution in [0.5, 0.6) is 5.75 Å². The molecule has 0 aliphatic carbocycles. The normalized spacial score (nSPS) is 16.0. The van der Waals surface area contributed by atoms with Gasteiger partial charge in [-0.15, -0.1) is 11.3 Å². The Kier molecular flexibility index (Phi) is 8.23. The van der Waals surface area contributed by atoms with Crippen LogP contribution in [0.15, 0.2) is 60.5 Å². The van der Waals surface area contributed by atoms with Crippen molar-refractivity contribution in [2.24, 2.45) is 7.05 Å². The third-order valence-electron chi connectivity index (χ3n) is 8.76. The predicted octanol–water partition coefficient (Wildman–Crippen LogP) is 7.60. The Morgan fingerprint density at radius 1 is 1.06 bits per heavy atom. The Hall–Kier alpha value is -5.08. The quantitative estimate of drug-likeness (QED) is 0.0929. The molecule has 4 aromatic heterocycles. The maximum Gasteiger partial charge on any atom is 0.282 e. The number of pyridine rings is 1. The van der Waals surface area contributed by atoms with Crippen LogP contribution in [0.2, 0.25) is 0 Å². The molecule has 0 saturated carbocycles. The first-order valence-corrected chi connectivity index (χ1v) is 16.2. The van der Waals surface area contributed by atoms with Crippen molar-refractivity contribution in [3.05, 3.63) is 83.7 Å². The lowest BCUT2D eigenvalue weighted by Crippen LogP contribution is -2.47. The topological polar surface area (TPSA) is 87.3 Å². The fraction of sp³-hybridized carbons (Fsp3) is 0.257. The molecule has 0 radical (unpaired) electrons. The Balaban J connectivity index is 1.53. The Labute approximate surface area is 282 Å². The van der Waals surface area contributed by atoms with Gasteiger partial charge in [0.2, 0.25) is 0 Å². The largest absolute Gasteiger partial charge is 0.490 e. The number of rotatable bonds is 8. The molecule has 2 aromatic carbocycles. The number of aryl methyl sites for hydroxylation is 1. The predicted molar refractivity (Wildman–Crippen MR) is 178 cm³/mol. The average molecular weight is 691 g/mol. The van der Waals surface area contributed by atoms with Gasteiger partial charge in [-0.3, -0.25) is 9.48 Å². The van der Waals surface area contributed by atoms with Crippen LogP contribution in [0.4, 0.5) is 17.6 Å². The van der Waals surface area contributed by atoms with Gasteiger partial charge in [0.05, 0.1) is 58.2 Å². The Morgan fingerprint density at radius 3 is 2.61 bits per heavy atom. The summed E-state index contributed by atoms with van der Waals surface area (Å²) in [4.78, 5) is 23.7. The van der Waals surface area contributed by atoms with Gasteiger partial charge in [-0.25, -0.2) is 27.5 Å². The standard InChI is InChI=1S/C35H30F4N6O3S/c1-17-14-44-27(19(3)45(17)35(46)18(2)36)13-25(42-44)33-31(29-22(38)11-21(37)12-28(29)48-9-8-47-5)30-23(39)15-49-34(30)32(41-33)20-6-7-26-24(10-20)40-16-43(26)4/h6-7,10-13,15-17,19H,2,8-9,14H2,1,3-5H3/t17-,19+/m1/s1. The van der Waals surface area contributed by atoms with Crippen LogP contribution in [-0.2, 0) is 23.1 Å². The zero-order chi connectivity index (χ0) is 34.7. The number of aromatic nitrogens is 5. The molecular weight excluding hydrogens is 660 g/mol. The maximum atomic E-state index is 16.1. The smallest absolute Gasteiger partial charge is 0.282 e. The first-order valence-electron chi connectivity index (χ1n) is 15.4. The Bertz CT molecular complexity index is 2300. The molecule has 0 fully saturated rings. The zero-order valence-corrected chi connectivity index (χ0v) is 27.7. The van der Waals surface area contributed by atoms with Crippen molar-refractivity contribution in [1.82, 2.24) is 29.2 Å². The average Bonchev–Trinajstić information content (AvgIpc) is 3.77. The second-order valence-electron chi connectivity index (χ2n) is 11.9. The number of benzene rings is 2. The van der Waals surface area contributed by atoms with Gasteiger partial charge in [0, 0.05) is 54.2 Å². The summed E-state index contributed by atoms with van der Waals surface area (Å²) in [6.07, 6.45) is 1.68. The summed E-state index contributed by atoms with van der Waals surface area (Å²) >= 11 is 1.10. The monoisotopic (exact) mass is 690 g/mol. The summed E-state index contributed by atoms with van der Waals surface area (Å²) in [6, 6.07) is 7.89. The van der Waals surface area contributed by atoms with E-state index >= 15 is 8.78 Å². The SMILES string of the molecule is C=C(F)C(=O)N1[C@H](C)Cn2nc(-c3nc(-c4ccc5c(c4)ncn5C)c4scc(F)c4c3-c3c(F)cc(F)cc3OCCOC)cc2[C@@H]1C. The number of amides is 1. The second kappa shape index (κ2) is 12.4. The van der Waals surface area contributed by atoms with E-state index in [1.54, 1.807) is 30.9 Å². The molecule has 49 heavy (non-hydrogen) atoms. The highest BCUT2D eigenvalue weighted by Gasteiger charge is 2.36. The molecular formula is C35H30F4N6O3S. The molecule has 0 N–H and O–H groups in total. The number of nitrogens with zero attached hydrogens (tertiary/aromatic N) is 6. The zero-order valence-electron chi connectivity index (χ0n) is 26.9. The highest BCUT2D eigenvalue weighted by atomic mass is 32.1. The molecule has 0 bridgehead atoms. The summed E-state index contributed by atoms with van der Waals surface area (Å²) in [7, 11) is 3.33. The van der Waals surface area contributed by atoms with Gasteiger partial charge in [-0.1, -0.05) is 12.6 Å². The van der Waals surface area contributed by atoms with E-state index < -0.39 is 41.3 Å². The van der Waals surface area contributed by atoms with E-state index in [0.29, 0.717) is 33.2 Å². The van der Waals surface area contributed by atoms with E-state index in [1.807, 2.05) is 29.8 Å². The third-order valence-corrected chi connectivity index (χ3v) is 9.72. The second-order valence-corrected chi connectivity index (χ2v) is 12.8. The van der Waals surface area contributed by atoms with Crippen molar-refractivity contribution < 1.29 is 31.8 Å². The number of methoxy groups -OCH3 is 1. The maximum absolute atomic E-state index is 16.1. The molecule has 2 atom stereocenters. The van der Waals surface area contributed by atoms with Crippen LogP contribution in [0.1, 0.15) is 25.6 Å². The first-order chi connectivity index (χ1) is 23.5. The molecule has 6 aromatic rings. The van der Waals surface area contributed by atoms with Crippen LogP contribution < -0.4 is 4.74 Å². The first kappa shape index (κ1) is 32.5. The summed E-state index contributed by atoms with van der Waals surface area (Å²) in [6.45, 7) is 6.98. The summed E-state index contributed by atoms with van der Waals surface area (Å²) < 4.78 is 75.8. The number of thiophene rings is 1. The summed E-state index contributed by atoms with van der Waals surface area (Å²) in [5, 5.41) is 6.17. The highest BCUT2D eigenvalue weighted by molar-refractivity contribution is 7.17. The van der Waals surface area contributed by atoms with Crippen molar-refractivity contribution in [2.45, 2.75) is 32.5 Å². The number of ether oxygens (including phenoxy) is 2. The summed E-state index contributed by atoms with van der Waals surface area (Å²) in [5.74, 6) is -4.62. The van der Waals surface area contributed by atoms with Gasteiger partial charge in [-0.05, 0) is 32.0 Å². The van der Waals surface area contributed by atoms with E-state index in [1.165, 1.54) is 17.4 Å². The lowest BCUT2D eigenvalue weighted by molar-refractivity contribution is -0.134. The number of imidazole rings is 1.